The fraction of sp³-hybridized carbons (Fsp3) is 0.667. The molecule has 0 radical (unpaired) electrons. The molecule has 0 aromatic carbocycles. The van der Waals surface area contributed by atoms with Crippen molar-refractivity contribution in [3.05, 3.63) is 23.9 Å². The molecule has 7 nitrogen and oxygen atoms in total. The first-order valence-corrected chi connectivity index (χ1v) is 10.5. The first-order valence-electron chi connectivity index (χ1n) is 10.5. The first-order chi connectivity index (χ1) is 13.6. The van der Waals surface area contributed by atoms with Crippen LogP contribution in [0.1, 0.15) is 44.1 Å². The standard InChI is InChI=1S/C21H32N6O.HI/c1-23-20(27-13-9-21(15-27)7-3-8-21)25-14-17-4-2-10-24-19(17)26-11-5-16(6-12-26)18(22)28;/h2,4,10,16H,3,5-9,11-15H2,1H3,(H2,22,28)(H,23,25);1H. The van der Waals surface area contributed by atoms with Gasteiger partial charge in [-0.15, -0.1) is 24.0 Å². The minimum Gasteiger partial charge on any atom is -0.369 e. The third-order valence-corrected chi connectivity index (χ3v) is 6.87. The highest BCUT2D eigenvalue weighted by molar-refractivity contribution is 14.0. The van der Waals surface area contributed by atoms with Crippen LogP contribution in [0, 0.1) is 11.3 Å². The first kappa shape index (κ1) is 22.1. The van der Waals surface area contributed by atoms with Crippen LogP contribution in [0.2, 0.25) is 0 Å². The summed E-state index contributed by atoms with van der Waals surface area (Å²) in [5, 5.41) is 3.56. The lowest BCUT2D eigenvalue weighted by molar-refractivity contribution is -0.122. The number of halogens is 1. The average Bonchev–Trinajstić information content (AvgIpc) is 3.15. The Bertz CT molecular complexity index is 742. The second kappa shape index (κ2) is 9.49. The number of nitrogens with zero attached hydrogens (tertiary/aromatic N) is 4. The van der Waals surface area contributed by atoms with Gasteiger partial charge in [-0.3, -0.25) is 9.79 Å². The van der Waals surface area contributed by atoms with Crippen molar-refractivity contribution in [2.45, 2.75) is 45.1 Å². The second-order valence-electron chi connectivity index (χ2n) is 8.58. The highest BCUT2D eigenvalue weighted by Gasteiger charge is 2.43. The molecule has 0 unspecified atom stereocenters. The Hall–Kier alpha value is -1.58. The molecule has 1 aromatic rings. The number of aromatic nitrogens is 1. The van der Waals surface area contributed by atoms with Crippen molar-refractivity contribution in [1.29, 1.82) is 0 Å². The molecule has 3 fully saturated rings. The predicted molar refractivity (Wildman–Crippen MR) is 126 cm³/mol. The SMILES string of the molecule is CN=C(NCc1cccnc1N1CCC(C(N)=O)CC1)N1CCC2(CCC2)C1.I. The minimum atomic E-state index is -0.179. The molecule has 3 heterocycles. The lowest BCUT2D eigenvalue weighted by Crippen LogP contribution is -2.43. The van der Waals surface area contributed by atoms with Crippen molar-refractivity contribution in [2.75, 3.05) is 38.1 Å². The number of hydrogen-bond acceptors (Lipinski definition) is 4. The molecule has 29 heavy (non-hydrogen) atoms. The van der Waals surface area contributed by atoms with Gasteiger partial charge < -0.3 is 20.9 Å². The van der Waals surface area contributed by atoms with Crippen LogP contribution < -0.4 is 16.0 Å². The molecule has 1 aromatic heterocycles. The molecule has 8 heteroatoms. The van der Waals surface area contributed by atoms with Crippen LogP contribution >= 0.6 is 24.0 Å². The topological polar surface area (TPSA) is 86.9 Å². The molecule has 4 rings (SSSR count). The van der Waals surface area contributed by atoms with E-state index in [2.05, 4.69) is 31.2 Å². The molecular formula is C21H33IN6O. The van der Waals surface area contributed by atoms with Crippen LogP contribution in [-0.4, -0.2) is 55.0 Å². The highest BCUT2D eigenvalue weighted by atomic mass is 127. The lowest BCUT2D eigenvalue weighted by Gasteiger charge is -2.38. The number of nitrogens with two attached hydrogens (primary N) is 1. The molecule has 1 amide bonds. The Morgan fingerprint density at radius 3 is 2.66 bits per heavy atom. The van der Waals surface area contributed by atoms with Crippen LogP contribution in [-0.2, 0) is 11.3 Å². The van der Waals surface area contributed by atoms with Gasteiger partial charge in [-0.05, 0) is 43.6 Å². The molecule has 3 aliphatic rings. The van der Waals surface area contributed by atoms with E-state index in [1.165, 1.54) is 31.2 Å². The summed E-state index contributed by atoms with van der Waals surface area (Å²) in [6, 6.07) is 4.11. The third kappa shape index (κ3) is 4.78. The lowest BCUT2D eigenvalue weighted by atomic mass is 9.68. The van der Waals surface area contributed by atoms with Gasteiger partial charge in [-0.25, -0.2) is 4.98 Å². The largest absolute Gasteiger partial charge is 0.369 e. The average molecular weight is 512 g/mol. The molecule has 1 aliphatic carbocycles. The van der Waals surface area contributed by atoms with Gasteiger partial charge in [-0.1, -0.05) is 12.5 Å². The highest BCUT2D eigenvalue weighted by Crippen LogP contribution is 2.47. The Morgan fingerprint density at radius 2 is 2.07 bits per heavy atom. The fourth-order valence-electron chi connectivity index (χ4n) is 4.94. The fourth-order valence-corrected chi connectivity index (χ4v) is 4.94. The van der Waals surface area contributed by atoms with Crippen molar-refractivity contribution in [2.24, 2.45) is 22.1 Å². The second-order valence-corrected chi connectivity index (χ2v) is 8.58. The molecule has 2 saturated heterocycles. The number of anilines is 1. The molecule has 160 valence electrons. The van der Waals surface area contributed by atoms with Gasteiger partial charge in [0.15, 0.2) is 5.96 Å². The van der Waals surface area contributed by atoms with E-state index in [0.29, 0.717) is 12.0 Å². The Labute approximate surface area is 190 Å². The van der Waals surface area contributed by atoms with Gasteiger partial charge in [0.05, 0.1) is 0 Å². The Balaban J connectivity index is 0.00000240. The summed E-state index contributed by atoms with van der Waals surface area (Å²) in [5.74, 6) is 1.81. The van der Waals surface area contributed by atoms with E-state index in [0.717, 1.165) is 50.8 Å². The number of aliphatic imine (C=N–C) groups is 1. The van der Waals surface area contributed by atoms with Crippen LogP contribution in [0.25, 0.3) is 0 Å². The predicted octanol–water partition coefficient (Wildman–Crippen LogP) is 2.35. The number of amides is 1. The summed E-state index contributed by atoms with van der Waals surface area (Å²) in [4.78, 5) is 25.3. The Kier molecular flexibility index (Phi) is 7.23. The third-order valence-electron chi connectivity index (χ3n) is 6.87. The van der Waals surface area contributed by atoms with E-state index in [4.69, 9.17) is 5.73 Å². The van der Waals surface area contributed by atoms with Crippen LogP contribution in [0.4, 0.5) is 5.82 Å². The van der Waals surface area contributed by atoms with Crippen LogP contribution in [0.15, 0.2) is 23.3 Å². The van der Waals surface area contributed by atoms with Crippen molar-refractivity contribution >= 4 is 41.7 Å². The van der Waals surface area contributed by atoms with E-state index in [9.17, 15) is 4.79 Å². The van der Waals surface area contributed by atoms with Crippen molar-refractivity contribution < 1.29 is 4.79 Å². The van der Waals surface area contributed by atoms with Gasteiger partial charge in [-0.2, -0.15) is 0 Å². The van der Waals surface area contributed by atoms with E-state index in [1.54, 1.807) is 0 Å². The van der Waals surface area contributed by atoms with Gasteiger partial charge >= 0.3 is 0 Å². The van der Waals surface area contributed by atoms with Crippen molar-refractivity contribution in [3.8, 4) is 0 Å². The maximum absolute atomic E-state index is 11.4. The number of pyridine rings is 1. The summed E-state index contributed by atoms with van der Waals surface area (Å²) in [5.41, 5.74) is 7.19. The zero-order chi connectivity index (χ0) is 19.6. The normalized spacial score (nSPS) is 21.6. The number of hydrogen-bond donors (Lipinski definition) is 2. The summed E-state index contributed by atoms with van der Waals surface area (Å²) >= 11 is 0. The summed E-state index contributed by atoms with van der Waals surface area (Å²) in [6.07, 6.45) is 8.86. The molecule has 1 spiro atoms. The smallest absolute Gasteiger partial charge is 0.220 e. The van der Waals surface area contributed by atoms with Gasteiger partial charge in [0.2, 0.25) is 5.91 Å². The van der Waals surface area contributed by atoms with Crippen LogP contribution in [0.5, 0.6) is 0 Å². The zero-order valence-electron chi connectivity index (χ0n) is 17.3. The number of rotatable bonds is 4. The number of carbonyl (C=O) groups excluding carboxylic acids is 1. The van der Waals surface area contributed by atoms with E-state index >= 15 is 0 Å². The molecule has 2 aliphatic heterocycles. The summed E-state index contributed by atoms with van der Waals surface area (Å²) in [6.45, 7) is 4.57. The van der Waals surface area contributed by atoms with E-state index in [1.807, 2.05) is 19.3 Å². The number of likely N-dealkylation sites (tertiary alicyclic amines) is 1. The minimum absolute atomic E-state index is 0. The van der Waals surface area contributed by atoms with Gasteiger partial charge in [0, 0.05) is 57.4 Å². The number of piperidine rings is 1. The molecule has 0 bridgehead atoms. The zero-order valence-corrected chi connectivity index (χ0v) is 19.6. The van der Waals surface area contributed by atoms with E-state index < -0.39 is 0 Å². The molecular weight excluding hydrogens is 479 g/mol. The van der Waals surface area contributed by atoms with Gasteiger partial charge in [0.25, 0.3) is 0 Å². The maximum Gasteiger partial charge on any atom is 0.220 e. The molecule has 0 atom stereocenters. The quantitative estimate of drug-likeness (QED) is 0.368. The number of primary amides is 1. The monoisotopic (exact) mass is 512 g/mol. The van der Waals surface area contributed by atoms with Crippen LogP contribution in [0.3, 0.4) is 0 Å². The molecule has 3 N–H and O–H groups in total. The summed E-state index contributed by atoms with van der Waals surface area (Å²) in [7, 11) is 1.87. The molecule has 1 saturated carbocycles. The van der Waals surface area contributed by atoms with Gasteiger partial charge in [0.1, 0.15) is 5.82 Å². The van der Waals surface area contributed by atoms with Crippen molar-refractivity contribution in [3.63, 3.8) is 0 Å². The maximum atomic E-state index is 11.4. The van der Waals surface area contributed by atoms with Crippen molar-refractivity contribution in [1.82, 2.24) is 15.2 Å². The number of nitrogens with one attached hydrogen (secondary N) is 1. The number of guanidine groups is 1. The summed E-state index contributed by atoms with van der Waals surface area (Å²) < 4.78 is 0. The number of carbonyl (C=O) groups is 1. The Morgan fingerprint density at radius 1 is 1.31 bits per heavy atom. The van der Waals surface area contributed by atoms with E-state index in [-0.39, 0.29) is 35.8 Å².